The summed E-state index contributed by atoms with van der Waals surface area (Å²) in [5.74, 6) is 1.43. The topological polar surface area (TPSA) is 57.4 Å². The highest BCUT2D eigenvalue weighted by atomic mass is 16.5. The Morgan fingerprint density at radius 3 is 2.16 bits per heavy atom. The molecule has 100 valence electrons. The van der Waals surface area contributed by atoms with Crippen molar-refractivity contribution in [1.82, 2.24) is 4.98 Å². The molecular formula is C15H18N2O2. The van der Waals surface area contributed by atoms with E-state index in [-0.39, 0.29) is 6.04 Å². The second-order valence-corrected chi connectivity index (χ2v) is 4.29. The van der Waals surface area contributed by atoms with Gasteiger partial charge in [0.25, 0.3) is 0 Å². The van der Waals surface area contributed by atoms with Crippen LogP contribution in [-0.2, 0) is 0 Å². The van der Waals surface area contributed by atoms with Crippen molar-refractivity contribution in [2.45, 2.75) is 13.0 Å². The van der Waals surface area contributed by atoms with Gasteiger partial charge in [0.2, 0.25) is 0 Å². The Labute approximate surface area is 113 Å². The molecule has 1 aromatic heterocycles. The minimum atomic E-state index is -0.334. The van der Waals surface area contributed by atoms with Gasteiger partial charge in [0, 0.05) is 11.9 Å². The van der Waals surface area contributed by atoms with Gasteiger partial charge < -0.3 is 15.2 Å². The Bertz CT molecular complexity index is 530. The molecule has 0 aliphatic heterocycles. The number of rotatable bonds is 4. The number of nitrogens with two attached hydrogens (primary N) is 1. The van der Waals surface area contributed by atoms with Crippen LogP contribution in [-0.4, -0.2) is 19.2 Å². The zero-order chi connectivity index (χ0) is 13.8. The van der Waals surface area contributed by atoms with E-state index in [1.165, 1.54) is 0 Å². The highest BCUT2D eigenvalue weighted by Crippen LogP contribution is 2.35. The van der Waals surface area contributed by atoms with Crippen LogP contribution in [0.5, 0.6) is 11.5 Å². The van der Waals surface area contributed by atoms with Gasteiger partial charge >= 0.3 is 0 Å². The first-order valence-corrected chi connectivity index (χ1v) is 6.06. The number of hydrogen-bond donors (Lipinski definition) is 1. The van der Waals surface area contributed by atoms with Crippen LogP contribution in [0, 0.1) is 6.92 Å². The normalized spacial score (nSPS) is 12.0. The first-order chi connectivity index (χ1) is 9.17. The molecular weight excluding hydrogens is 240 g/mol. The Morgan fingerprint density at radius 1 is 1.05 bits per heavy atom. The molecule has 0 radical (unpaired) electrons. The molecule has 19 heavy (non-hydrogen) atoms. The van der Waals surface area contributed by atoms with Gasteiger partial charge in [-0.1, -0.05) is 12.1 Å². The lowest BCUT2D eigenvalue weighted by Crippen LogP contribution is -2.14. The average Bonchev–Trinajstić information content (AvgIpc) is 2.46. The lowest BCUT2D eigenvalue weighted by Gasteiger charge is -2.19. The van der Waals surface area contributed by atoms with E-state index in [9.17, 15) is 0 Å². The summed E-state index contributed by atoms with van der Waals surface area (Å²) in [7, 11) is 3.25. The molecule has 0 aliphatic carbocycles. The smallest absolute Gasteiger partial charge is 0.127 e. The summed E-state index contributed by atoms with van der Waals surface area (Å²) in [6.07, 6.45) is 1.78. The number of benzene rings is 1. The van der Waals surface area contributed by atoms with Crippen molar-refractivity contribution in [3.63, 3.8) is 0 Å². The molecule has 0 bridgehead atoms. The van der Waals surface area contributed by atoms with Crippen LogP contribution >= 0.6 is 0 Å². The van der Waals surface area contributed by atoms with Crippen LogP contribution in [0.4, 0.5) is 0 Å². The zero-order valence-corrected chi connectivity index (χ0v) is 11.4. The van der Waals surface area contributed by atoms with E-state index in [0.29, 0.717) is 11.5 Å². The van der Waals surface area contributed by atoms with Crippen LogP contribution in [0.25, 0.3) is 0 Å². The third-order valence-corrected chi connectivity index (χ3v) is 3.07. The molecule has 2 N–H and O–H groups in total. The predicted octanol–water partition coefficient (Wildman–Crippen LogP) is 2.46. The van der Waals surface area contributed by atoms with Crippen molar-refractivity contribution in [3.8, 4) is 11.5 Å². The maximum atomic E-state index is 6.32. The van der Waals surface area contributed by atoms with E-state index in [2.05, 4.69) is 4.98 Å². The molecule has 4 nitrogen and oxygen atoms in total. The van der Waals surface area contributed by atoms with Gasteiger partial charge in [0.15, 0.2) is 0 Å². The van der Waals surface area contributed by atoms with Crippen molar-refractivity contribution >= 4 is 0 Å². The van der Waals surface area contributed by atoms with Crippen LogP contribution in [0.1, 0.15) is 22.9 Å². The van der Waals surface area contributed by atoms with Gasteiger partial charge in [-0.3, -0.25) is 4.98 Å². The van der Waals surface area contributed by atoms with Gasteiger partial charge in [-0.05, 0) is 30.7 Å². The SMILES string of the molecule is COc1cccc(OC)c1C(N)c1ccc(C)nc1. The average molecular weight is 258 g/mol. The minimum absolute atomic E-state index is 0.334. The van der Waals surface area contributed by atoms with Gasteiger partial charge in [-0.15, -0.1) is 0 Å². The fourth-order valence-electron chi connectivity index (χ4n) is 2.02. The van der Waals surface area contributed by atoms with Crippen LogP contribution in [0.2, 0.25) is 0 Å². The molecule has 0 aliphatic rings. The Hall–Kier alpha value is -2.07. The maximum absolute atomic E-state index is 6.32. The van der Waals surface area contributed by atoms with E-state index in [1.54, 1.807) is 20.4 Å². The molecule has 0 saturated heterocycles. The Balaban J connectivity index is 2.47. The van der Waals surface area contributed by atoms with E-state index in [4.69, 9.17) is 15.2 Å². The maximum Gasteiger partial charge on any atom is 0.127 e. The summed E-state index contributed by atoms with van der Waals surface area (Å²) in [6.45, 7) is 1.94. The summed E-state index contributed by atoms with van der Waals surface area (Å²) >= 11 is 0. The first-order valence-electron chi connectivity index (χ1n) is 6.06. The molecule has 0 amide bonds. The number of nitrogens with zero attached hydrogens (tertiary/aromatic N) is 1. The molecule has 0 fully saturated rings. The van der Waals surface area contributed by atoms with Crippen molar-refractivity contribution in [3.05, 3.63) is 53.3 Å². The van der Waals surface area contributed by atoms with Crippen molar-refractivity contribution in [2.75, 3.05) is 14.2 Å². The molecule has 4 heteroatoms. The first kappa shape index (κ1) is 13.4. The second kappa shape index (κ2) is 5.71. The van der Waals surface area contributed by atoms with Gasteiger partial charge in [-0.25, -0.2) is 0 Å². The minimum Gasteiger partial charge on any atom is -0.496 e. The number of methoxy groups -OCH3 is 2. The molecule has 0 saturated carbocycles. The van der Waals surface area contributed by atoms with Crippen LogP contribution in [0.3, 0.4) is 0 Å². The summed E-state index contributed by atoms with van der Waals surface area (Å²) in [6, 6.07) is 9.20. The Kier molecular flexibility index (Phi) is 4.02. The monoisotopic (exact) mass is 258 g/mol. The van der Waals surface area contributed by atoms with E-state index < -0.39 is 0 Å². The second-order valence-electron chi connectivity index (χ2n) is 4.29. The standard InChI is InChI=1S/C15H18N2O2/c1-10-7-8-11(9-17-10)15(16)14-12(18-2)5-4-6-13(14)19-3/h4-9,15H,16H2,1-3H3. The number of aromatic nitrogens is 1. The van der Waals surface area contributed by atoms with Gasteiger partial charge in [0.05, 0.1) is 25.8 Å². The van der Waals surface area contributed by atoms with Crippen molar-refractivity contribution in [2.24, 2.45) is 5.73 Å². The predicted molar refractivity (Wildman–Crippen MR) is 74.6 cm³/mol. The van der Waals surface area contributed by atoms with Crippen molar-refractivity contribution < 1.29 is 9.47 Å². The molecule has 1 unspecified atom stereocenters. The van der Waals surface area contributed by atoms with E-state index in [0.717, 1.165) is 16.8 Å². The number of ether oxygens (including phenoxy) is 2. The quantitative estimate of drug-likeness (QED) is 0.915. The fourth-order valence-corrected chi connectivity index (χ4v) is 2.02. The van der Waals surface area contributed by atoms with Gasteiger partial charge in [0.1, 0.15) is 11.5 Å². The summed E-state index contributed by atoms with van der Waals surface area (Å²) in [5, 5.41) is 0. The third-order valence-electron chi connectivity index (χ3n) is 3.07. The van der Waals surface area contributed by atoms with E-state index >= 15 is 0 Å². The molecule has 1 atom stereocenters. The highest BCUT2D eigenvalue weighted by Gasteiger charge is 2.19. The lowest BCUT2D eigenvalue weighted by atomic mass is 9.99. The molecule has 2 rings (SSSR count). The van der Waals surface area contributed by atoms with Crippen LogP contribution in [0.15, 0.2) is 36.5 Å². The summed E-state index contributed by atoms with van der Waals surface area (Å²) in [4.78, 5) is 4.28. The number of pyridine rings is 1. The number of hydrogen-bond acceptors (Lipinski definition) is 4. The molecule has 0 spiro atoms. The lowest BCUT2D eigenvalue weighted by molar-refractivity contribution is 0.382. The molecule has 1 aromatic carbocycles. The fraction of sp³-hybridized carbons (Fsp3) is 0.267. The van der Waals surface area contributed by atoms with Crippen molar-refractivity contribution in [1.29, 1.82) is 0 Å². The zero-order valence-electron chi connectivity index (χ0n) is 11.4. The van der Waals surface area contributed by atoms with E-state index in [1.807, 2.05) is 37.3 Å². The largest absolute Gasteiger partial charge is 0.496 e. The third kappa shape index (κ3) is 2.69. The molecule has 1 heterocycles. The van der Waals surface area contributed by atoms with Crippen LogP contribution < -0.4 is 15.2 Å². The highest BCUT2D eigenvalue weighted by molar-refractivity contribution is 5.50. The molecule has 2 aromatic rings. The summed E-state index contributed by atoms with van der Waals surface area (Å²) in [5.41, 5.74) is 9.04. The Morgan fingerprint density at radius 2 is 1.68 bits per heavy atom. The van der Waals surface area contributed by atoms with Gasteiger partial charge in [-0.2, -0.15) is 0 Å². The number of aryl methyl sites for hydroxylation is 1. The summed E-state index contributed by atoms with van der Waals surface area (Å²) < 4.78 is 10.7.